The summed E-state index contributed by atoms with van der Waals surface area (Å²) in [6, 6.07) is 4.05. The van der Waals surface area contributed by atoms with E-state index in [2.05, 4.69) is 30.2 Å². The van der Waals surface area contributed by atoms with Crippen LogP contribution in [0.5, 0.6) is 5.88 Å². The lowest BCUT2D eigenvalue weighted by Crippen LogP contribution is -2.15. The van der Waals surface area contributed by atoms with Crippen molar-refractivity contribution in [1.29, 1.82) is 0 Å². The topological polar surface area (TPSA) is 34.1 Å². The summed E-state index contributed by atoms with van der Waals surface area (Å²) in [5.74, 6) is 0.793. The summed E-state index contributed by atoms with van der Waals surface area (Å²) in [5, 5.41) is 3.39. The Bertz CT molecular complexity index is 328. The molecule has 0 saturated carbocycles. The average Bonchev–Trinajstić information content (AvgIpc) is 2.44. The molecular weight excluding hydrogens is 236 g/mol. The smallest absolute Gasteiger partial charge is 0.217 e. The van der Waals surface area contributed by atoms with Gasteiger partial charge in [0.1, 0.15) is 0 Å². The third kappa shape index (κ3) is 7.16. The van der Waals surface area contributed by atoms with E-state index in [9.17, 15) is 0 Å². The highest BCUT2D eigenvalue weighted by atomic mass is 16.5. The quantitative estimate of drug-likeness (QED) is 0.615. The summed E-state index contributed by atoms with van der Waals surface area (Å²) in [5.41, 5.74) is 1.16. The van der Waals surface area contributed by atoms with Gasteiger partial charge >= 0.3 is 0 Å². The van der Waals surface area contributed by atoms with Crippen molar-refractivity contribution in [1.82, 2.24) is 10.3 Å². The summed E-state index contributed by atoms with van der Waals surface area (Å²) in [6.07, 6.45) is 9.25. The minimum absolute atomic E-state index is 0.779. The molecule has 1 heterocycles. The zero-order valence-electron chi connectivity index (χ0n) is 12.5. The Morgan fingerprint density at radius 1 is 1.11 bits per heavy atom. The van der Waals surface area contributed by atoms with Crippen LogP contribution in [0.15, 0.2) is 18.3 Å². The maximum atomic E-state index is 5.80. The monoisotopic (exact) mass is 264 g/mol. The van der Waals surface area contributed by atoms with Crippen LogP contribution in [0.25, 0.3) is 0 Å². The Morgan fingerprint density at radius 3 is 2.74 bits per heavy atom. The number of aromatic nitrogens is 1. The van der Waals surface area contributed by atoms with Gasteiger partial charge < -0.3 is 10.1 Å². The molecule has 1 aromatic heterocycles. The second kappa shape index (κ2) is 10.8. The molecule has 0 aliphatic heterocycles. The van der Waals surface area contributed by atoms with Crippen molar-refractivity contribution in [3.63, 3.8) is 0 Å². The number of pyridine rings is 1. The van der Waals surface area contributed by atoms with E-state index in [1.807, 2.05) is 6.07 Å². The molecule has 0 bridgehead atoms. The van der Waals surface area contributed by atoms with E-state index in [1.165, 1.54) is 25.7 Å². The van der Waals surface area contributed by atoms with Crippen LogP contribution in [0.4, 0.5) is 0 Å². The fourth-order valence-electron chi connectivity index (χ4n) is 1.96. The third-order valence-electron chi connectivity index (χ3n) is 3.08. The molecular formula is C16H28N2O. The van der Waals surface area contributed by atoms with Gasteiger partial charge in [-0.15, -0.1) is 0 Å². The van der Waals surface area contributed by atoms with Gasteiger partial charge in [0, 0.05) is 18.3 Å². The van der Waals surface area contributed by atoms with Crippen LogP contribution in [-0.4, -0.2) is 18.1 Å². The average molecular weight is 264 g/mol. The van der Waals surface area contributed by atoms with Gasteiger partial charge in [-0.25, -0.2) is 4.98 Å². The molecule has 0 aromatic carbocycles. The molecule has 0 atom stereocenters. The molecule has 108 valence electrons. The number of nitrogens with zero attached hydrogens (tertiary/aromatic N) is 1. The summed E-state index contributed by atoms with van der Waals surface area (Å²) in [7, 11) is 0. The van der Waals surface area contributed by atoms with Crippen LogP contribution in [0.1, 0.15) is 57.9 Å². The molecule has 1 rings (SSSR count). The maximum Gasteiger partial charge on any atom is 0.217 e. The van der Waals surface area contributed by atoms with E-state index in [0.29, 0.717) is 0 Å². The molecule has 0 fully saturated rings. The van der Waals surface area contributed by atoms with Crippen LogP contribution in [-0.2, 0) is 6.54 Å². The Morgan fingerprint density at radius 2 is 1.95 bits per heavy atom. The summed E-state index contributed by atoms with van der Waals surface area (Å²) in [6.45, 7) is 7.06. The molecule has 0 saturated heterocycles. The normalized spacial score (nSPS) is 10.6. The fourth-order valence-corrected chi connectivity index (χ4v) is 1.96. The first-order chi connectivity index (χ1) is 9.38. The molecule has 0 aliphatic carbocycles. The van der Waals surface area contributed by atoms with Crippen LogP contribution < -0.4 is 10.1 Å². The van der Waals surface area contributed by atoms with Crippen molar-refractivity contribution >= 4 is 0 Å². The second-order valence-electron chi connectivity index (χ2n) is 4.91. The first kappa shape index (κ1) is 16.0. The van der Waals surface area contributed by atoms with Crippen molar-refractivity contribution in [2.45, 2.75) is 58.9 Å². The molecule has 0 radical (unpaired) electrons. The van der Waals surface area contributed by atoms with E-state index < -0.39 is 0 Å². The summed E-state index contributed by atoms with van der Waals surface area (Å²) < 4.78 is 5.80. The van der Waals surface area contributed by atoms with Gasteiger partial charge in [-0.3, -0.25) is 0 Å². The highest BCUT2D eigenvalue weighted by Gasteiger charge is 2.03. The van der Waals surface area contributed by atoms with Crippen LogP contribution in [0.2, 0.25) is 0 Å². The third-order valence-corrected chi connectivity index (χ3v) is 3.08. The molecule has 3 nitrogen and oxygen atoms in total. The fraction of sp³-hybridized carbons (Fsp3) is 0.688. The second-order valence-corrected chi connectivity index (χ2v) is 4.91. The number of ether oxygens (including phenoxy) is 1. The van der Waals surface area contributed by atoms with Gasteiger partial charge in [-0.05, 0) is 25.5 Å². The largest absolute Gasteiger partial charge is 0.477 e. The Hall–Kier alpha value is -1.09. The van der Waals surface area contributed by atoms with Gasteiger partial charge in [-0.1, -0.05) is 45.6 Å². The predicted molar refractivity (Wildman–Crippen MR) is 80.5 cm³/mol. The maximum absolute atomic E-state index is 5.80. The van der Waals surface area contributed by atoms with E-state index in [-0.39, 0.29) is 0 Å². The molecule has 0 spiro atoms. The van der Waals surface area contributed by atoms with Crippen molar-refractivity contribution < 1.29 is 4.74 Å². The van der Waals surface area contributed by atoms with Gasteiger partial charge in [0.05, 0.1) is 6.61 Å². The molecule has 19 heavy (non-hydrogen) atoms. The lowest BCUT2D eigenvalue weighted by Gasteiger charge is -2.10. The lowest BCUT2D eigenvalue weighted by molar-refractivity contribution is 0.289. The van der Waals surface area contributed by atoms with Gasteiger partial charge in [0.15, 0.2) is 0 Å². The van der Waals surface area contributed by atoms with Crippen molar-refractivity contribution in [3.05, 3.63) is 23.9 Å². The molecule has 1 N–H and O–H groups in total. The zero-order valence-corrected chi connectivity index (χ0v) is 12.5. The Labute approximate surface area is 117 Å². The number of hydrogen-bond acceptors (Lipinski definition) is 3. The number of rotatable bonds is 11. The lowest BCUT2D eigenvalue weighted by atomic mass is 10.2. The van der Waals surface area contributed by atoms with Crippen LogP contribution in [0, 0.1) is 0 Å². The zero-order chi connectivity index (χ0) is 13.8. The predicted octanol–water partition coefficient (Wildman–Crippen LogP) is 3.93. The van der Waals surface area contributed by atoms with E-state index >= 15 is 0 Å². The summed E-state index contributed by atoms with van der Waals surface area (Å²) in [4.78, 5) is 4.33. The highest BCUT2D eigenvalue weighted by Crippen LogP contribution is 2.14. The Balaban J connectivity index is 2.27. The SMILES string of the molecule is CCCCCCCOc1ncccc1CNCCC. The van der Waals surface area contributed by atoms with E-state index in [1.54, 1.807) is 6.20 Å². The molecule has 3 heteroatoms. The van der Waals surface area contributed by atoms with Crippen LogP contribution in [0.3, 0.4) is 0 Å². The standard InChI is InChI=1S/C16H28N2O/c1-3-5-6-7-8-13-19-16-15(10-9-12-18-16)14-17-11-4-2/h9-10,12,17H,3-8,11,13-14H2,1-2H3. The highest BCUT2D eigenvalue weighted by molar-refractivity contribution is 5.25. The first-order valence-corrected chi connectivity index (χ1v) is 7.65. The van der Waals surface area contributed by atoms with Gasteiger partial charge in [0.25, 0.3) is 0 Å². The number of nitrogens with one attached hydrogen (secondary N) is 1. The van der Waals surface area contributed by atoms with E-state index in [0.717, 1.165) is 44.0 Å². The summed E-state index contributed by atoms with van der Waals surface area (Å²) >= 11 is 0. The van der Waals surface area contributed by atoms with Crippen molar-refractivity contribution in [3.8, 4) is 5.88 Å². The van der Waals surface area contributed by atoms with E-state index in [4.69, 9.17) is 4.74 Å². The number of hydrogen-bond donors (Lipinski definition) is 1. The Kier molecular flexibility index (Phi) is 9.07. The van der Waals surface area contributed by atoms with Gasteiger partial charge in [-0.2, -0.15) is 0 Å². The van der Waals surface area contributed by atoms with Gasteiger partial charge in [0.2, 0.25) is 5.88 Å². The van der Waals surface area contributed by atoms with Crippen molar-refractivity contribution in [2.75, 3.05) is 13.2 Å². The minimum Gasteiger partial charge on any atom is -0.477 e. The minimum atomic E-state index is 0.779. The molecule has 0 amide bonds. The van der Waals surface area contributed by atoms with Crippen LogP contribution >= 0.6 is 0 Å². The molecule has 1 aromatic rings. The first-order valence-electron chi connectivity index (χ1n) is 7.65. The molecule has 0 unspecified atom stereocenters. The molecule has 0 aliphatic rings. The van der Waals surface area contributed by atoms with Crippen molar-refractivity contribution in [2.24, 2.45) is 0 Å². The number of unbranched alkanes of at least 4 members (excludes halogenated alkanes) is 4.